The van der Waals surface area contributed by atoms with Crippen molar-refractivity contribution >= 4 is 38.9 Å². The van der Waals surface area contributed by atoms with Gasteiger partial charge >= 0.3 is 0 Å². The third kappa shape index (κ3) is 4.05. The van der Waals surface area contributed by atoms with Crippen molar-refractivity contribution in [3.8, 4) is 5.75 Å². The largest absolute Gasteiger partial charge is 0.489 e. The van der Waals surface area contributed by atoms with E-state index in [4.69, 9.17) is 22.7 Å². The van der Waals surface area contributed by atoms with Crippen molar-refractivity contribution < 1.29 is 4.74 Å². The van der Waals surface area contributed by atoms with E-state index in [1.54, 1.807) is 0 Å². The van der Waals surface area contributed by atoms with Gasteiger partial charge in [0.05, 0.1) is 11.8 Å². The van der Waals surface area contributed by atoms with Gasteiger partial charge in [-0.2, -0.15) is 0 Å². The minimum atomic E-state index is 0.103. The van der Waals surface area contributed by atoms with Gasteiger partial charge in [0.1, 0.15) is 5.75 Å². The summed E-state index contributed by atoms with van der Waals surface area (Å²) in [5.41, 5.74) is 6.19. The quantitative estimate of drug-likeness (QED) is 0.840. The van der Waals surface area contributed by atoms with E-state index in [-0.39, 0.29) is 11.2 Å². The van der Waals surface area contributed by atoms with Crippen molar-refractivity contribution in [1.82, 2.24) is 0 Å². The molecule has 0 amide bonds. The molecule has 0 aliphatic carbocycles. The summed E-state index contributed by atoms with van der Waals surface area (Å²) >= 11 is 8.16. The molecule has 0 heterocycles. The zero-order valence-corrected chi connectivity index (χ0v) is 11.0. The second-order valence-corrected chi connectivity index (χ2v) is 4.65. The van der Waals surface area contributed by atoms with Gasteiger partial charge in [-0.15, -0.1) is 0 Å². The average Bonchev–Trinajstić information content (AvgIpc) is 2.08. The van der Waals surface area contributed by atoms with Gasteiger partial charge in [0, 0.05) is 4.47 Å². The fourth-order valence-corrected chi connectivity index (χ4v) is 1.53. The van der Waals surface area contributed by atoms with E-state index >= 15 is 0 Å². The highest BCUT2D eigenvalue weighted by Crippen LogP contribution is 2.29. The number of nitrogens with one attached hydrogen (secondary N) is 1. The molecule has 3 nitrogen and oxygen atoms in total. The van der Waals surface area contributed by atoms with E-state index in [9.17, 15) is 0 Å². The van der Waals surface area contributed by atoms with Crippen molar-refractivity contribution in [2.75, 3.05) is 5.32 Å². The Morgan fingerprint density at radius 3 is 2.73 bits per heavy atom. The van der Waals surface area contributed by atoms with Crippen molar-refractivity contribution in [2.45, 2.75) is 20.0 Å². The van der Waals surface area contributed by atoms with Gasteiger partial charge in [0.15, 0.2) is 5.11 Å². The molecule has 15 heavy (non-hydrogen) atoms. The summed E-state index contributed by atoms with van der Waals surface area (Å²) in [7, 11) is 0. The number of ether oxygens (including phenoxy) is 1. The number of hydrogen-bond acceptors (Lipinski definition) is 2. The van der Waals surface area contributed by atoms with Crippen LogP contribution < -0.4 is 15.8 Å². The van der Waals surface area contributed by atoms with E-state index in [1.165, 1.54) is 0 Å². The summed E-state index contributed by atoms with van der Waals surface area (Å²) in [6.45, 7) is 3.93. The second kappa shape index (κ2) is 5.32. The van der Waals surface area contributed by atoms with E-state index < -0.39 is 0 Å². The van der Waals surface area contributed by atoms with Crippen molar-refractivity contribution in [3.63, 3.8) is 0 Å². The normalized spacial score (nSPS) is 10.1. The number of hydrogen-bond donors (Lipinski definition) is 2. The number of halogens is 1. The fraction of sp³-hybridized carbons (Fsp3) is 0.300. The molecule has 1 aromatic carbocycles. The van der Waals surface area contributed by atoms with Crippen LogP contribution in [0.3, 0.4) is 0 Å². The summed E-state index contributed by atoms with van der Waals surface area (Å²) < 4.78 is 6.57. The number of thiocarbonyl (C=S) groups is 1. The predicted molar refractivity (Wildman–Crippen MR) is 70.3 cm³/mol. The SMILES string of the molecule is CC(C)Oc1cc(Br)ccc1NC(N)=S. The average molecular weight is 289 g/mol. The van der Waals surface area contributed by atoms with Crippen LogP contribution in [0.15, 0.2) is 22.7 Å². The smallest absolute Gasteiger partial charge is 0.168 e. The maximum atomic E-state index is 5.62. The second-order valence-electron chi connectivity index (χ2n) is 3.30. The van der Waals surface area contributed by atoms with Crippen LogP contribution >= 0.6 is 28.1 Å². The molecule has 5 heteroatoms. The maximum absolute atomic E-state index is 5.62. The standard InChI is InChI=1S/C10H13BrN2OS/c1-6(2)14-9-5-7(11)3-4-8(9)13-10(12)15/h3-6H,1-2H3,(H3,12,13,15). The molecule has 0 aliphatic heterocycles. The third-order valence-corrected chi connectivity index (χ3v) is 2.16. The van der Waals surface area contributed by atoms with Crippen LogP contribution in [0.1, 0.15) is 13.8 Å². The number of nitrogens with two attached hydrogens (primary N) is 1. The van der Waals surface area contributed by atoms with E-state index in [2.05, 4.69) is 21.2 Å². The van der Waals surface area contributed by atoms with Gasteiger partial charge in [-0.1, -0.05) is 15.9 Å². The van der Waals surface area contributed by atoms with Crippen LogP contribution in [0, 0.1) is 0 Å². The van der Waals surface area contributed by atoms with Crippen molar-refractivity contribution in [1.29, 1.82) is 0 Å². The molecule has 0 radical (unpaired) electrons. The number of rotatable bonds is 3. The number of anilines is 1. The van der Waals surface area contributed by atoms with Crippen LogP contribution in [-0.2, 0) is 0 Å². The monoisotopic (exact) mass is 288 g/mol. The lowest BCUT2D eigenvalue weighted by molar-refractivity contribution is 0.243. The summed E-state index contributed by atoms with van der Waals surface area (Å²) in [5.74, 6) is 0.729. The van der Waals surface area contributed by atoms with Gasteiger partial charge in [0.2, 0.25) is 0 Å². The lowest BCUT2D eigenvalue weighted by Gasteiger charge is -2.15. The Morgan fingerprint density at radius 1 is 1.53 bits per heavy atom. The Balaban J connectivity index is 2.97. The zero-order chi connectivity index (χ0) is 11.4. The van der Waals surface area contributed by atoms with E-state index in [0.29, 0.717) is 0 Å². The molecule has 82 valence electrons. The summed E-state index contributed by atoms with van der Waals surface area (Å²) in [5, 5.41) is 3.10. The third-order valence-electron chi connectivity index (χ3n) is 1.56. The molecule has 1 aromatic rings. The first-order chi connectivity index (χ1) is 6.99. The Hall–Kier alpha value is -0.810. The topological polar surface area (TPSA) is 47.3 Å². The molecule has 0 bridgehead atoms. The molecular formula is C10H13BrN2OS. The number of benzene rings is 1. The molecule has 0 saturated carbocycles. The Labute approximate surface area is 103 Å². The van der Waals surface area contributed by atoms with Gasteiger partial charge in [-0.3, -0.25) is 0 Å². The molecule has 0 unspecified atom stereocenters. The van der Waals surface area contributed by atoms with Gasteiger partial charge in [0.25, 0.3) is 0 Å². The molecule has 3 N–H and O–H groups in total. The molecule has 0 aromatic heterocycles. The molecule has 0 fully saturated rings. The van der Waals surface area contributed by atoms with Crippen LogP contribution in [0.25, 0.3) is 0 Å². The Bertz CT molecular complexity index is 368. The highest BCUT2D eigenvalue weighted by Gasteiger charge is 2.06. The summed E-state index contributed by atoms with van der Waals surface area (Å²) in [4.78, 5) is 0. The summed E-state index contributed by atoms with van der Waals surface area (Å²) in [6.07, 6.45) is 0.103. The highest BCUT2D eigenvalue weighted by atomic mass is 79.9. The Kier molecular flexibility index (Phi) is 4.35. The molecule has 0 spiro atoms. The van der Waals surface area contributed by atoms with E-state index in [0.717, 1.165) is 15.9 Å². The fourth-order valence-electron chi connectivity index (χ4n) is 1.08. The predicted octanol–water partition coefficient (Wildman–Crippen LogP) is 2.89. The van der Waals surface area contributed by atoms with Crippen LogP contribution in [-0.4, -0.2) is 11.2 Å². The Morgan fingerprint density at radius 2 is 2.20 bits per heavy atom. The minimum absolute atomic E-state index is 0.103. The molecule has 0 aliphatic rings. The van der Waals surface area contributed by atoms with E-state index in [1.807, 2.05) is 32.0 Å². The first-order valence-electron chi connectivity index (χ1n) is 4.51. The van der Waals surface area contributed by atoms with Crippen LogP contribution in [0.5, 0.6) is 5.75 Å². The van der Waals surface area contributed by atoms with Gasteiger partial charge in [-0.25, -0.2) is 0 Å². The first-order valence-corrected chi connectivity index (χ1v) is 5.72. The maximum Gasteiger partial charge on any atom is 0.168 e. The molecule has 0 atom stereocenters. The van der Waals surface area contributed by atoms with Crippen LogP contribution in [0.2, 0.25) is 0 Å². The highest BCUT2D eigenvalue weighted by molar-refractivity contribution is 9.10. The van der Waals surface area contributed by atoms with Crippen molar-refractivity contribution in [3.05, 3.63) is 22.7 Å². The summed E-state index contributed by atoms with van der Waals surface area (Å²) in [6, 6.07) is 5.63. The first kappa shape index (κ1) is 12.3. The lowest BCUT2D eigenvalue weighted by atomic mass is 10.3. The van der Waals surface area contributed by atoms with Gasteiger partial charge in [-0.05, 0) is 44.3 Å². The van der Waals surface area contributed by atoms with Crippen molar-refractivity contribution in [2.24, 2.45) is 5.73 Å². The minimum Gasteiger partial charge on any atom is -0.489 e. The molecule has 1 rings (SSSR count). The lowest BCUT2D eigenvalue weighted by Crippen LogP contribution is -2.20. The van der Waals surface area contributed by atoms with Crippen LogP contribution in [0.4, 0.5) is 5.69 Å². The van der Waals surface area contributed by atoms with Gasteiger partial charge < -0.3 is 15.8 Å². The zero-order valence-electron chi connectivity index (χ0n) is 8.58. The molecular weight excluding hydrogens is 276 g/mol. The molecule has 0 saturated heterocycles.